The van der Waals surface area contributed by atoms with Crippen molar-refractivity contribution in [3.63, 3.8) is 0 Å². The van der Waals surface area contributed by atoms with E-state index in [4.69, 9.17) is 9.72 Å². The number of hydrogen-bond donors (Lipinski definition) is 3. The van der Waals surface area contributed by atoms with Crippen molar-refractivity contribution in [2.45, 2.75) is 12.8 Å². The molecule has 0 unspecified atom stereocenters. The van der Waals surface area contributed by atoms with Crippen molar-refractivity contribution in [2.75, 3.05) is 30.3 Å². The molecule has 7 rings (SSSR count). The minimum atomic E-state index is 0.476. The third-order valence-electron chi connectivity index (χ3n) is 7.78. The fraction of sp³-hybridized carbons (Fsp3) is 0.171. The largest absolute Gasteiger partial charge is 0.438 e. The second kappa shape index (κ2) is 12.8. The molecule has 3 N–H and O–H groups in total. The third kappa shape index (κ3) is 6.18. The van der Waals surface area contributed by atoms with E-state index >= 15 is 0 Å². The molecule has 0 aliphatic carbocycles. The molecule has 1 fully saturated rings. The summed E-state index contributed by atoms with van der Waals surface area (Å²) >= 11 is 0. The maximum Gasteiger partial charge on any atom is 0.228 e. The summed E-state index contributed by atoms with van der Waals surface area (Å²) in [6, 6.07) is 31.7. The number of rotatable bonds is 9. The fourth-order valence-electron chi connectivity index (χ4n) is 5.44. The van der Waals surface area contributed by atoms with Gasteiger partial charge in [-0.3, -0.25) is 0 Å². The van der Waals surface area contributed by atoms with Gasteiger partial charge in [0, 0.05) is 41.0 Å². The molecular weight excluding hydrogens is 548 g/mol. The molecular formula is C35H32N8O. The van der Waals surface area contributed by atoms with Crippen molar-refractivity contribution in [1.82, 2.24) is 30.5 Å². The monoisotopic (exact) mass is 580 g/mol. The van der Waals surface area contributed by atoms with Gasteiger partial charge in [-0.05, 0) is 74.3 Å². The van der Waals surface area contributed by atoms with Crippen molar-refractivity contribution >= 4 is 28.2 Å². The van der Waals surface area contributed by atoms with Crippen LogP contribution in [0.25, 0.3) is 33.3 Å². The van der Waals surface area contributed by atoms with Crippen LogP contribution >= 0.6 is 0 Å². The molecule has 0 spiro atoms. The maximum absolute atomic E-state index is 6.24. The van der Waals surface area contributed by atoms with Gasteiger partial charge in [-0.15, -0.1) is 10.2 Å². The summed E-state index contributed by atoms with van der Waals surface area (Å²) in [6.07, 6.45) is 5.80. The second-order valence-electron chi connectivity index (χ2n) is 10.8. The molecule has 9 nitrogen and oxygen atoms in total. The van der Waals surface area contributed by atoms with E-state index in [1.54, 1.807) is 12.4 Å². The van der Waals surface area contributed by atoms with E-state index in [1.807, 2.05) is 84.9 Å². The predicted molar refractivity (Wildman–Crippen MR) is 174 cm³/mol. The van der Waals surface area contributed by atoms with Crippen LogP contribution in [0.1, 0.15) is 12.8 Å². The molecule has 9 heteroatoms. The van der Waals surface area contributed by atoms with E-state index in [2.05, 4.69) is 48.2 Å². The number of fused-ring (bicyclic) bond motifs is 1. The van der Waals surface area contributed by atoms with Crippen LogP contribution in [-0.2, 0) is 0 Å². The molecule has 1 aliphatic rings. The topological polar surface area (TPSA) is 110 Å². The van der Waals surface area contributed by atoms with Gasteiger partial charge < -0.3 is 20.7 Å². The molecule has 1 saturated heterocycles. The van der Waals surface area contributed by atoms with Gasteiger partial charge in [-0.25, -0.2) is 15.0 Å². The van der Waals surface area contributed by atoms with E-state index in [-0.39, 0.29) is 0 Å². The SMILES string of the molecule is c1ccc(-c2nnc(Nc3ccc(Oc4ncccc4-c4ccnc(NCC5CCNCC5)n4)cc3)c3ccccc23)cc1. The Morgan fingerprint density at radius 2 is 1.55 bits per heavy atom. The molecule has 3 aromatic carbocycles. The number of anilines is 3. The molecule has 6 aromatic rings. The van der Waals surface area contributed by atoms with Crippen LogP contribution < -0.4 is 20.7 Å². The van der Waals surface area contributed by atoms with Gasteiger partial charge in [0.05, 0.1) is 11.3 Å². The minimum Gasteiger partial charge on any atom is -0.438 e. The van der Waals surface area contributed by atoms with Crippen LogP contribution in [0.5, 0.6) is 11.6 Å². The Bertz CT molecular complexity index is 1860. The standard InChI is InChI=1S/C35H32N8O/c1-2-7-25(8-3-1)32-28-9-4-5-10-29(28)33(43-42-32)40-26-12-14-27(15-13-26)44-34-30(11-6-19-37-34)31-18-22-38-35(41-31)39-23-24-16-20-36-21-17-24/h1-15,18-19,22,24,36H,16-17,20-21,23H2,(H,40,43)(H,38,39,41). The van der Waals surface area contributed by atoms with Gasteiger partial charge in [0.1, 0.15) is 11.4 Å². The molecule has 0 atom stereocenters. The number of nitrogens with zero attached hydrogens (tertiary/aromatic N) is 5. The number of nitrogens with one attached hydrogen (secondary N) is 3. The molecule has 44 heavy (non-hydrogen) atoms. The zero-order chi connectivity index (χ0) is 29.6. The number of hydrogen-bond acceptors (Lipinski definition) is 9. The summed E-state index contributed by atoms with van der Waals surface area (Å²) in [5.41, 5.74) is 4.30. The Labute approximate surface area is 255 Å². The number of aromatic nitrogens is 5. The molecule has 1 aliphatic heterocycles. The van der Waals surface area contributed by atoms with E-state index in [0.29, 0.717) is 29.3 Å². The molecule has 0 amide bonds. The van der Waals surface area contributed by atoms with Crippen LogP contribution in [0, 0.1) is 5.92 Å². The lowest BCUT2D eigenvalue weighted by atomic mass is 9.98. The van der Waals surface area contributed by atoms with Crippen molar-refractivity contribution < 1.29 is 4.74 Å². The van der Waals surface area contributed by atoms with Gasteiger partial charge in [-0.1, -0.05) is 54.6 Å². The summed E-state index contributed by atoms with van der Waals surface area (Å²) in [5.74, 6) is 3.06. The second-order valence-corrected chi connectivity index (χ2v) is 10.8. The first-order chi connectivity index (χ1) is 21.8. The Kier molecular flexibility index (Phi) is 8.01. The molecule has 0 saturated carbocycles. The molecule has 218 valence electrons. The van der Waals surface area contributed by atoms with E-state index in [1.165, 1.54) is 0 Å². The summed E-state index contributed by atoms with van der Waals surface area (Å²) < 4.78 is 6.24. The normalized spacial score (nSPS) is 13.5. The maximum atomic E-state index is 6.24. The highest BCUT2D eigenvalue weighted by Crippen LogP contribution is 2.33. The summed E-state index contributed by atoms with van der Waals surface area (Å²) in [6.45, 7) is 2.99. The first-order valence-corrected chi connectivity index (χ1v) is 14.9. The lowest BCUT2D eigenvalue weighted by Gasteiger charge is -2.22. The number of pyridine rings is 1. The Hall–Kier alpha value is -5.41. The highest BCUT2D eigenvalue weighted by atomic mass is 16.5. The van der Waals surface area contributed by atoms with Crippen molar-refractivity contribution in [2.24, 2.45) is 5.92 Å². The predicted octanol–water partition coefficient (Wildman–Crippen LogP) is 7.10. The van der Waals surface area contributed by atoms with E-state index in [9.17, 15) is 0 Å². The van der Waals surface area contributed by atoms with Crippen LogP contribution in [0.3, 0.4) is 0 Å². The lowest BCUT2D eigenvalue weighted by Crippen LogP contribution is -2.31. The average molecular weight is 581 g/mol. The molecule has 3 aromatic heterocycles. The van der Waals surface area contributed by atoms with Crippen LogP contribution in [0.2, 0.25) is 0 Å². The van der Waals surface area contributed by atoms with Crippen LogP contribution in [-0.4, -0.2) is 44.8 Å². The van der Waals surface area contributed by atoms with Crippen LogP contribution in [0.15, 0.2) is 109 Å². The zero-order valence-corrected chi connectivity index (χ0v) is 24.1. The first-order valence-electron chi connectivity index (χ1n) is 14.9. The summed E-state index contributed by atoms with van der Waals surface area (Å²) in [4.78, 5) is 13.7. The average Bonchev–Trinajstić information content (AvgIpc) is 3.09. The van der Waals surface area contributed by atoms with Crippen molar-refractivity contribution in [3.05, 3.63) is 109 Å². The smallest absolute Gasteiger partial charge is 0.228 e. The summed E-state index contributed by atoms with van der Waals surface area (Å²) in [5, 5.41) is 21.4. The van der Waals surface area contributed by atoms with Crippen molar-refractivity contribution in [3.8, 4) is 34.1 Å². The fourth-order valence-corrected chi connectivity index (χ4v) is 5.44. The Morgan fingerprint density at radius 1 is 0.750 bits per heavy atom. The van der Waals surface area contributed by atoms with E-state index < -0.39 is 0 Å². The van der Waals surface area contributed by atoms with Gasteiger partial charge in [0.15, 0.2) is 5.82 Å². The molecule has 4 heterocycles. The minimum absolute atomic E-state index is 0.476. The van der Waals surface area contributed by atoms with Gasteiger partial charge in [0.25, 0.3) is 0 Å². The number of ether oxygens (including phenoxy) is 1. The number of benzene rings is 3. The van der Waals surface area contributed by atoms with Gasteiger partial charge in [-0.2, -0.15) is 0 Å². The third-order valence-corrected chi connectivity index (χ3v) is 7.78. The van der Waals surface area contributed by atoms with Crippen molar-refractivity contribution in [1.29, 1.82) is 0 Å². The number of piperidine rings is 1. The quantitative estimate of drug-likeness (QED) is 0.165. The Balaban J connectivity index is 1.07. The summed E-state index contributed by atoms with van der Waals surface area (Å²) in [7, 11) is 0. The van der Waals surface area contributed by atoms with Gasteiger partial charge in [0.2, 0.25) is 11.8 Å². The lowest BCUT2D eigenvalue weighted by molar-refractivity contribution is 0.389. The first kappa shape index (κ1) is 27.4. The Morgan fingerprint density at radius 3 is 2.39 bits per heavy atom. The van der Waals surface area contributed by atoms with Gasteiger partial charge >= 0.3 is 0 Å². The molecule has 0 radical (unpaired) electrons. The van der Waals surface area contributed by atoms with Crippen LogP contribution in [0.4, 0.5) is 17.5 Å². The highest BCUT2D eigenvalue weighted by Gasteiger charge is 2.15. The van der Waals surface area contributed by atoms with E-state index in [0.717, 1.165) is 71.5 Å². The zero-order valence-electron chi connectivity index (χ0n) is 24.1. The molecule has 0 bridgehead atoms. The highest BCUT2D eigenvalue weighted by molar-refractivity contribution is 6.00.